The normalized spacial score (nSPS) is 15.3. The number of piperazine rings is 1. The average Bonchev–Trinajstić information content (AvgIpc) is 2.53. The van der Waals surface area contributed by atoms with Gasteiger partial charge in [0.2, 0.25) is 11.5 Å². The van der Waals surface area contributed by atoms with Crippen LogP contribution in [0.5, 0.6) is 0 Å². The largest absolute Gasteiger partial charge is 0.345 e. The summed E-state index contributed by atoms with van der Waals surface area (Å²) in [6.45, 7) is 1.74. The van der Waals surface area contributed by atoms with Crippen molar-refractivity contribution in [3.63, 3.8) is 0 Å². The minimum absolute atomic E-state index is 0.0670. The average molecular weight is 299 g/mol. The lowest BCUT2D eigenvalue weighted by molar-refractivity contribution is -0.129. The summed E-state index contributed by atoms with van der Waals surface area (Å²) in [4.78, 5) is 35.5. The van der Waals surface area contributed by atoms with Crippen LogP contribution in [0.4, 0.5) is 5.82 Å². The predicted molar refractivity (Wildman–Crippen MR) is 82.6 cm³/mol. The molecular weight excluding hydrogens is 282 g/mol. The van der Waals surface area contributed by atoms with Crippen LogP contribution in [0.25, 0.3) is 11.3 Å². The molecule has 0 unspecified atom stereocenters. The van der Waals surface area contributed by atoms with Crippen molar-refractivity contribution in [1.82, 2.24) is 19.4 Å². The lowest BCUT2D eigenvalue weighted by atomic mass is 10.2. The Balaban J connectivity index is 1.91. The molecule has 1 aliphatic rings. The molecule has 114 valence electrons. The minimum atomic E-state index is -0.0670. The molecule has 0 radical (unpaired) electrons. The number of anilines is 1. The SMILES string of the molecule is CN1CCN(c2cc(-c3ccc(=O)n(C)c3)ncn2)CC1=O. The van der Waals surface area contributed by atoms with E-state index in [0.717, 1.165) is 23.6 Å². The molecule has 7 heteroatoms. The molecule has 0 N–H and O–H groups in total. The molecular formula is C15H17N5O2. The summed E-state index contributed by atoms with van der Waals surface area (Å²) in [6.07, 6.45) is 3.22. The van der Waals surface area contributed by atoms with E-state index in [2.05, 4.69) is 9.97 Å². The monoisotopic (exact) mass is 299 g/mol. The Morgan fingerprint density at radius 2 is 1.91 bits per heavy atom. The number of carbonyl (C=O) groups is 1. The van der Waals surface area contributed by atoms with Crippen LogP contribution in [0.15, 0.2) is 35.5 Å². The molecule has 1 amide bonds. The lowest BCUT2D eigenvalue weighted by Crippen LogP contribution is -2.48. The number of aromatic nitrogens is 3. The summed E-state index contributed by atoms with van der Waals surface area (Å²) in [7, 11) is 3.50. The fraction of sp³-hybridized carbons (Fsp3) is 0.333. The number of amides is 1. The van der Waals surface area contributed by atoms with Crippen LogP contribution in [-0.4, -0.2) is 52.0 Å². The van der Waals surface area contributed by atoms with Gasteiger partial charge in [-0.1, -0.05) is 0 Å². The summed E-state index contributed by atoms with van der Waals surface area (Å²) in [5.74, 6) is 0.800. The predicted octanol–water partition coefficient (Wildman–Crippen LogP) is 0.121. The lowest BCUT2D eigenvalue weighted by Gasteiger charge is -2.32. The van der Waals surface area contributed by atoms with E-state index in [9.17, 15) is 9.59 Å². The van der Waals surface area contributed by atoms with Crippen LogP contribution < -0.4 is 10.5 Å². The summed E-state index contributed by atoms with van der Waals surface area (Å²) in [5.41, 5.74) is 1.50. The van der Waals surface area contributed by atoms with Crippen molar-refractivity contribution in [3.05, 3.63) is 41.1 Å². The molecule has 1 fully saturated rings. The highest BCUT2D eigenvalue weighted by molar-refractivity contribution is 5.82. The number of hydrogen-bond acceptors (Lipinski definition) is 5. The van der Waals surface area contributed by atoms with E-state index in [1.54, 1.807) is 31.3 Å². The Labute approximate surface area is 127 Å². The van der Waals surface area contributed by atoms with Crippen molar-refractivity contribution in [2.75, 3.05) is 31.6 Å². The number of likely N-dealkylation sites (N-methyl/N-ethyl adjacent to an activating group) is 1. The third-order valence-corrected chi connectivity index (χ3v) is 3.82. The van der Waals surface area contributed by atoms with Gasteiger partial charge in [-0.25, -0.2) is 9.97 Å². The molecule has 7 nitrogen and oxygen atoms in total. The Morgan fingerprint density at radius 3 is 2.64 bits per heavy atom. The molecule has 2 aromatic heterocycles. The smallest absolute Gasteiger partial charge is 0.250 e. The van der Waals surface area contributed by atoms with Gasteiger partial charge in [-0.3, -0.25) is 9.59 Å². The fourth-order valence-corrected chi connectivity index (χ4v) is 2.38. The number of nitrogens with zero attached hydrogens (tertiary/aromatic N) is 5. The van der Waals surface area contributed by atoms with Crippen LogP contribution in [0.3, 0.4) is 0 Å². The summed E-state index contributed by atoms with van der Waals surface area (Å²) in [6, 6.07) is 5.10. The summed E-state index contributed by atoms with van der Waals surface area (Å²) >= 11 is 0. The third-order valence-electron chi connectivity index (χ3n) is 3.82. The first-order chi connectivity index (χ1) is 10.5. The van der Waals surface area contributed by atoms with Gasteiger partial charge in [0.25, 0.3) is 0 Å². The van der Waals surface area contributed by atoms with Crippen LogP contribution in [0.1, 0.15) is 0 Å². The number of rotatable bonds is 2. The minimum Gasteiger partial charge on any atom is -0.345 e. The Kier molecular flexibility index (Phi) is 3.62. The molecule has 0 aromatic carbocycles. The van der Waals surface area contributed by atoms with Crippen LogP contribution in [-0.2, 0) is 11.8 Å². The molecule has 22 heavy (non-hydrogen) atoms. The number of pyridine rings is 1. The molecule has 1 aliphatic heterocycles. The van der Waals surface area contributed by atoms with Gasteiger partial charge in [0.1, 0.15) is 12.1 Å². The first kappa shape index (κ1) is 14.2. The molecule has 1 saturated heterocycles. The standard InChI is InChI=1S/C15H17N5O2/c1-18-5-6-20(9-15(18)22)13-7-12(16-10-17-13)11-3-4-14(21)19(2)8-11/h3-4,7-8,10H,5-6,9H2,1-2H3. The van der Waals surface area contributed by atoms with E-state index in [0.29, 0.717) is 13.1 Å². The quantitative estimate of drug-likeness (QED) is 0.788. The van der Waals surface area contributed by atoms with Gasteiger partial charge in [0.15, 0.2) is 0 Å². The molecule has 2 aromatic rings. The van der Waals surface area contributed by atoms with E-state index in [4.69, 9.17) is 0 Å². The zero-order valence-corrected chi connectivity index (χ0v) is 12.6. The molecule has 3 heterocycles. The van der Waals surface area contributed by atoms with E-state index in [1.165, 1.54) is 17.0 Å². The number of carbonyl (C=O) groups excluding carboxylic acids is 1. The summed E-state index contributed by atoms with van der Waals surface area (Å²) in [5, 5.41) is 0. The highest BCUT2D eigenvalue weighted by Crippen LogP contribution is 2.20. The first-order valence-electron chi connectivity index (χ1n) is 7.02. The Hall–Kier alpha value is -2.70. The van der Waals surface area contributed by atoms with Gasteiger partial charge in [-0.2, -0.15) is 0 Å². The molecule has 0 atom stereocenters. The molecule has 0 aliphatic carbocycles. The van der Waals surface area contributed by atoms with Crippen molar-refractivity contribution >= 4 is 11.7 Å². The van der Waals surface area contributed by atoms with Crippen molar-refractivity contribution in [2.45, 2.75) is 0 Å². The highest BCUT2D eigenvalue weighted by Gasteiger charge is 2.22. The van der Waals surface area contributed by atoms with Gasteiger partial charge in [0.05, 0.1) is 12.2 Å². The molecule has 0 spiro atoms. The Morgan fingerprint density at radius 1 is 1.09 bits per heavy atom. The zero-order chi connectivity index (χ0) is 15.7. The first-order valence-corrected chi connectivity index (χ1v) is 7.02. The van der Waals surface area contributed by atoms with Crippen LogP contribution in [0.2, 0.25) is 0 Å². The maximum atomic E-state index is 11.8. The number of hydrogen-bond donors (Lipinski definition) is 0. The molecule has 3 rings (SSSR count). The van der Waals surface area contributed by atoms with Gasteiger partial charge < -0.3 is 14.4 Å². The van der Waals surface area contributed by atoms with Crippen LogP contribution in [0, 0.1) is 0 Å². The van der Waals surface area contributed by atoms with E-state index in [-0.39, 0.29) is 11.5 Å². The van der Waals surface area contributed by atoms with Crippen molar-refractivity contribution in [1.29, 1.82) is 0 Å². The maximum absolute atomic E-state index is 11.8. The van der Waals surface area contributed by atoms with E-state index >= 15 is 0 Å². The van der Waals surface area contributed by atoms with E-state index in [1.807, 2.05) is 11.0 Å². The van der Waals surface area contributed by atoms with Gasteiger partial charge in [-0.05, 0) is 6.07 Å². The van der Waals surface area contributed by atoms with E-state index < -0.39 is 0 Å². The second-order valence-electron chi connectivity index (χ2n) is 5.37. The van der Waals surface area contributed by atoms with Gasteiger partial charge >= 0.3 is 0 Å². The Bertz CT molecular complexity index is 771. The van der Waals surface area contributed by atoms with Gasteiger partial charge in [-0.15, -0.1) is 0 Å². The van der Waals surface area contributed by atoms with Gasteiger partial charge in [0, 0.05) is 51.1 Å². The van der Waals surface area contributed by atoms with Crippen molar-refractivity contribution < 1.29 is 4.79 Å². The molecule has 0 bridgehead atoms. The number of aryl methyl sites for hydroxylation is 1. The second kappa shape index (κ2) is 5.59. The van der Waals surface area contributed by atoms with Crippen molar-refractivity contribution in [2.24, 2.45) is 7.05 Å². The zero-order valence-electron chi connectivity index (χ0n) is 12.6. The maximum Gasteiger partial charge on any atom is 0.250 e. The highest BCUT2D eigenvalue weighted by atomic mass is 16.2. The van der Waals surface area contributed by atoms with Crippen LogP contribution >= 0.6 is 0 Å². The third kappa shape index (κ3) is 2.69. The van der Waals surface area contributed by atoms with Crippen molar-refractivity contribution in [3.8, 4) is 11.3 Å². The second-order valence-corrected chi connectivity index (χ2v) is 5.37. The topological polar surface area (TPSA) is 71.3 Å². The summed E-state index contributed by atoms with van der Waals surface area (Å²) < 4.78 is 1.51. The molecule has 0 saturated carbocycles. The fourth-order valence-electron chi connectivity index (χ4n) is 2.38.